The first-order chi connectivity index (χ1) is 12.9. The lowest BCUT2D eigenvalue weighted by molar-refractivity contribution is -0.116. The van der Waals surface area contributed by atoms with Gasteiger partial charge in [0.2, 0.25) is 15.9 Å². The average Bonchev–Trinajstić information content (AvgIpc) is 2.94. The van der Waals surface area contributed by atoms with Crippen LogP contribution in [0, 0.1) is 0 Å². The zero-order valence-electron chi connectivity index (χ0n) is 16.4. The molecule has 1 heterocycles. The molecule has 1 amide bonds. The Kier molecular flexibility index (Phi) is 8.47. The van der Waals surface area contributed by atoms with E-state index in [4.69, 9.17) is 0 Å². The van der Waals surface area contributed by atoms with Gasteiger partial charge >= 0.3 is 0 Å². The molecule has 1 aromatic carbocycles. The van der Waals surface area contributed by atoms with E-state index in [1.54, 1.807) is 34.6 Å². The van der Waals surface area contributed by atoms with E-state index in [0.717, 1.165) is 44.2 Å². The number of nitrogens with zero attached hydrogens (tertiary/aromatic N) is 2. The predicted octanol–water partition coefficient (Wildman–Crippen LogP) is 2.33. The second-order valence-electron chi connectivity index (χ2n) is 7.17. The summed E-state index contributed by atoms with van der Waals surface area (Å²) in [5, 5.41) is 2.84. The Balaban J connectivity index is 1.91. The molecule has 1 aromatic rings. The molecule has 1 N–H and O–H groups in total. The van der Waals surface area contributed by atoms with Crippen molar-refractivity contribution < 1.29 is 13.2 Å². The van der Waals surface area contributed by atoms with Gasteiger partial charge in [0.25, 0.3) is 0 Å². The number of nitrogens with one attached hydrogen (secondary N) is 1. The molecular formula is C20H31N3O3S. The quantitative estimate of drug-likeness (QED) is 0.544. The van der Waals surface area contributed by atoms with Gasteiger partial charge in [0, 0.05) is 25.7 Å². The molecule has 6 nitrogen and oxygen atoms in total. The second-order valence-corrected chi connectivity index (χ2v) is 9.11. The van der Waals surface area contributed by atoms with E-state index in [9.17, 15) is 13.2 Å². The smallest absolute Gasteiger partial charge is 0.243 e. The summed E-state index contributed by atoms with van der Waals surface area (Å²) in [6.07, 6.45) is 8.10. The van der Waals surface area contributed by atoms with Crippen molar-refractivity contribution in [1.82, 2.24) is 14.5 Å². The molecule has 0 aliphatic carbocycles. The van der Waals surface area contributed by atoms with E-state index >= 15 is 0 Å². The minimum absolute atomic E-state index is 0.143. The van der Waals surface area contributed by atoms with Crippen molar-refractivity contribution in [1.29, 1.82) is 0 Å². The third-order valence-electron chi connectivity index (χ3n) is 4.59. The molecule has 7 heteroatoms. The van der Waals surface area contributed by atoms with Gasteiger partial charge in [-0.15, -0.1) is 0 Å². The van der Waals surface area contributed by atoms with Gasteiger partial charge in [-0.2, -0.15) is 4.31 Å². The van der Waals surface area contributed by atoms with Crippen molar-refractivity contribution >= 4 is 22.0 Å². The van der Waals surface area contributed by atoms with Gasteiger partial charge in [-0.05, 0) is 63.7 Å². The van der Waals surface area contributed by atoms with E-state index in [1.807, 2.05) is 14.1 Å². The fourth-order valence-corrected chi connectivity index (χ4v) is 4.54. The van der Waals surface area contributed by atoms with E-state index < -0.39 is 10.0 Å². The summed E-state index contributed by atoms with van der Waals surface area (Å²) in [5.74, 6) is -0.143. The minimum atomic E-state index is -3.43. The molecule has 0 unspecified atom stereocenters. The number of benzene rings is 1. The third-order valence-corrected chi connectivity index (χ3v) is 6.50. The van der Waals surface area contributed by atoms with Gasteiger partial charge in [0.05, 0.1) is 4.90 Å². The van der Waals surface area contributed by atoms with Crippen LogP contribution >= 0.6 is 0 Å². The Hall–Kier alpha value is -1.70. The number of hydrogen-bond acceptors (Lipinski definition) is 4. The largest absolute Gasteiger partial charge is 0.353 e. The molecule has 0 aromatic heterocycles. The van der Waals surface area contributed by atoms with Gasteiger partial charge in [-0.25, -0.2) is 8.42 Å². The summed E-state index contributed by atoms with van der Waals surface area (Å²) in [5.41, 5.74) is 0.799. The lowest BCUT2D eigenvalue weighted by Crippen LogP contribution is -2.31. The minimum Gasteiger partial charge on any atom is -0.353 e. The Morgan fingerprint density at radius 2 is 1.74 bits per heavy atom. The normalized spacial score (nSPS) is 16.6. The van der Waals surface area contributed by atoms with E-state index in [-0.39, 0.29) is 5.91 Å². The van der Waals surface area contributed by atoms with E-state index in [2.05, 4.69) is 10.2 Å². The molecule has 1 fully saturated rings. The summed E-state index contributed by atoms with van der Waals surface area (Å²) < 4.78 is 27.1. The Morgan fingerprint density at radius 3 is 2.33 bits per heavy atom. The molecule has 27 heavy (non-hydrogen) atoms. The number of carbonyl (C=O) groups is 1. The predicted molar refractivity (Wildman–Crippen MR) is 109 cm³/mol. The van der Waals surface area contributed by atoms with Crippen molar-refractivity contribution in [2.45, 2.75) is 37.0 Å². The molecule has 0 bridgehead atoms. The van der Waals surface area contributed by atoms with Crippen LogP contribution < -0.4 is 5.32 Å². The summed E-state index contributed by atoms with van der Waals surface area (Å²) in [6, 6.07) is 6.71. The first-order valence-corrected chi connectivity index (χ1v) is 11.0. The third kappa shape index (κ3) is 7.08. The molecular weight excluding hydrogens is 362 g/mol. The van der Waals surface area contributed by atoms with Gasteiger partial charge < -0.3 is 10.2 Å². The highest BCUT2D eigenvalue weighted by molar-refractivity contribution is 7.89. The molecule has 0 saturated carbocycles. The Labute approximate surface area is 163 Å². The lowest BCUT2D eigenvalue weighted by atomic mass is 10.2. The first kappa shape index (κ1) is 21.6. The Morgan fingerprint density at radius 1 is 1.11 bits per heavy atom. The van der Waals surface area contributed by atoms with Crippen molar-refractivity contribution in [2.75, 3.05) is 40.3 Å². The van der Waals surface area contributed by atoms with Gasteiger partial charge in [0.1, 0.15) is 0 Å². The van der Waals surface area contributed by atoms with Crippen LogP contribution in [0.1, 0.15) is 37.7 Å². The molecule has 1 saturated heterocycles. The highest BCUT2D eigenvalue weighted by atomic mass is 32.2. The van der Waals surface area contributed by atoms with Crippen molar-refractivity contribution in [3.8, 4) is 0 Å². The summed E-state index contributed by atoms with van der Waals surface area (Å²) in [4.78, 5) is 14.2. The van der Waals surface area contributed by atoms with Crippen LogP contribution in [0.3, 0.4) is 0 Å². The molecule has 0 radical (unpaired) electrons. The SMILES string of the molecule is CN(C)CCCNC(=O)C=Cc1ccc(S(=O)(=O)N2CCCCCC2)cc1. The maximum Gasteiger partial charge on any atom is 0.243 e. The molecule has 2 rings (SSSR count). The van der Waals surface area contributed by atoms with Crippen LogP contribution in [0.25, 0.3) is 6.08 Å². The lowest BCUT2D eigenvalue weighted by Gasteiger charge is -2.19. The molecule has 150 valence electrons. The maximum absolute atomic E-state index is 12.8. The number of hydrogen-bond donors (Lipinski definition) is 1. The van der Waals surface area contributed by atoms with Crippen LogP contribution in [0.15, 0.2) is 35.2 Å². The molecule has 1 aliphatic rings. The highest BCUT2D eigenvalue weighted by Gasteiger charge is 2.24. The van der Waals surface area contributed by atoms with E-state index in [0.29, 0.717) is 24.5 Å². The van der Waals surface area contributed by atoms with Crippen molar-refractivity contribution in [2.24, 2.45) is 0 Å². The monoisotopic (exact) mass is 393 g/mol. The highest BCUT2D eigenvalue weighted by Crippen LogP contribution is 2.20. The maximum atomic E-state index is 12.8. The zero-order valence-corrected chi connectivity index (χ0v) is 17.2. The number of sulfonamides is 1. The average molecular weight is 394 g/mol. The topological polar surface area (TPSA) is 69.7 Å². The fraction of sp³-hybridized carbons (Fsp3) is 0.550. The van der Waals surface area contributed by atoms with E-state index in [1.165, 1.54) is 6.08 Å². The van der Waals surface area contributed by atoms with Gasteiger partial charge in [0.15, 0.2) is 0 Å². The summed E-state index contributed by atoms with van der Waals surface area (Å²) in [6.45, 7) is 2.75. The number of amides is 1. The standard InChI is InChI=1S/C20H31N3O3S/c1-22(2)15-7-14-21-20(24)13-10-18-8-11-19(12-9-18)27(25,26)23-16-5-3-4-6-17-23/h8-13H,3-7,14-17H2,1-2H3,(H,21,24). The van der Waals surface area contributed by atoms with Crippen LogP contribution in [0.4, 0.5) is 0 Å². The van der Waals surface area contributed by atoms with Crippen LogP contribution in [0.2, 0.25) is 0 Å². The molecule has 0 spiro atoms. The molecule has 0 atom stereocenters. The number of rotatable bonds is 8. The summed E-state index contributed by atoms with van der Waals surface area (Å²) in [7, 11) is 0.567. The number of carbonyl (C=O) groups excluding carboxylic acids is 1. The van der Waals surface area contributed by atoms with Crippen LogP contribution in [-0.2, 0) is 14.8 Å². The van der Waals surface area contributed by atoms with Gasteiger partial charge in [-0.3, -0.25) is 4.79 Å². The first-order valence-electron chi connectivity index (χ1n) is 9.60. The van der Waals surface area contributed by atoms with Crippen LogP contribution in [-0.4, -0.2) is 63.8 Å². The fourth-order valence-electron chi connectivity index (χ4n) is 3.02. The zero-order chi connectivity index (χ0) is 19.7. The van der Waals surface area contributed by atoms with Crippen molar-refractivity contribution in [3.05, 3.63) is 35.9 Å². The Bertz CT molecular complexity index is 719. The van der Waals surface area contributed by atoms with Crippen LogP contribution in [0.5, 0.6) is 0 Å². The summed E-state index contributed by atoms with van der Waals surface area (Å²) >= 11 is 0. The van der Waals surface area contributed by atoms with Crippen molar-refractivity contribution in [3.63, 3.8) is 0 Å². The van der Waals surface area contributed by atoms with Gasteiger partial charge in [-0.1, -0.05) is 25.0 Å². The second kappa shape index (κ2) is 10.6. The molecule has 1 aliphatic heterocycles.